The molecule has 0 aliphatic rings. The third-order valence-electron chi connectivity index (χ3n) is 2.69. The van der Waals surface area contributed by atoms with E-state index in [4.69, 9.17) is 0 Å². The van der Waals surface area contributed by atoms with E-state index in [1.54, 1.807) is 6.92 Å². The van der Waals surface area contributed by atoms with Crippen molar-refractivity contribution < 1.29 is 4.79 Å². The lowest BCUT2D eigenvalue weighted by atomic mass is 10.1. The Morgan fingerprint density at radius 1 is 1.27 bits per heavy atom. The van der Waals surface area contributed by atoms with Gasteiger partial charge in [0.05, 0.1) is 0 Å². The molecular weight excluding hydrogens is 186 g/mol. The number of hydrogen-bond donors (Lipinski definition) is 0. The molecule has 2 nitrogen and oxygen atoms in total. The number of Topliss-reactive ketones (excluding diaryl/α,β-unsaturated/α-hetero) is 1. The van der Waals surface area contributed by atoms with Crippen LogP contribution in [0.25, 0.3) is 10.9 Å². The van der Waals surface area contributed by atoms with Gasteiger partial charge in [-0.1, -0.05) is 12.1 Å². The summed E-state index contributed by atoms with van der Waals surface area (Å²) in [4.78, 5) is 11.3. The molecule has 2 aromatic rings. The van der Waals surface area contributed by atoms with Gasteiger partial charge in [0.2, 0.25) is 0 Å². The summed E-state index contributed by atoms with van der Waals surface area (Å²) in [6, 6.07) is 8.36. The minimum atomic E-state index is 0.119. The first-order chi connectivity index (χ1) is 7.09. The second kappa shape index (κ2) is 3.54. The number of carbonyl (C=O) groups is 1. The molecule has 0 N–H and O–H groups in total. The Balaban J connectivity index is 2.66. The van der Waals surface area contributed by atoms with Crippen molar-refractivity contribution >= 4 is 16.7 Å². The maximum absolute atomic E-state index is 11.3. The lowest BCUT2D eigenvalue weighted by Crippen LogP contribution is -1.99. The highest BCUT2D eigenvalue weighted by molar-refractivity contribution is 5.97. The predicted octanol–water partition coefficient (Wildman–Crippen LogP) is 3.42. The first kappa shape index (κ1) is 9.97. The molecule has 0 aliphatic heterocycles. The van der Waals surface area contributed by atoms with Crippen LogP contribution in [0.1, 0.15) is 37.2 Å². The predicted molar refractivity (Wildman–Crippen MR) is 62.3 cm³/mol. The first-order valence-electron chi connectivity index (χ1n) is 5.21. The topological polar surface area (TPSA) is 22.0 Å². The second-order valence-electron chi connectivity index (χ2n) is 4.15. The number of carbonyl (C=O) groups excluding carboxylic acids is 1. The van der Waals surface area contributed by atoms with E-state index >= 15 is 0 Å². The van der Waals surface area contributed by atoms with Crippen LogP contribution < -0.4 is 0 Å². The van der Waals surface area contributed by atoms with Crippen LogP contribution in [0.4, 0.5) is 0 Å². The van der Waals surface area contributed by atoms with Gasteiger partial charge in [-0.05, 0) is 38.3 Å². The molecule has 0 bridgehead atoms. The Morgan fingerprint density at radius 3 is 2.60 bits per heavy atom. The minimum Gasteiger partial charge on any atom is -0.345 e. The van der Waals surface area contributed by atoms with Crippen LogP contribution in [-0.2, 0) is 0 Å². The standard InChI is InChI=1S/C13H15NO/c1-9(2)14-7-6-11-4-5-12(10(3)15)8-13(11)14/h4-9H,1-3H3. The molecule has 0 atom stereocenters. The fraction of sp³-hybridized carbons (Fsp3) is 0.308. The van der Waals surface area contributed by atoms with E-state index in [0.29, 0.717) is 6.04 Å². The van der Waals surface area contributed by atoms with Gasteiger partial charge in [0.15, 0.2) is 5.78 Å². The molecule has 0 saturated carbocycles. The van der Waals surface area contributed by atoms with Gasteiger partial charge < -0.3 is 4.57 Å². The Kier molecular flexibility index (Phi) is 2.35. The van der Waals surface area contributed by atoms with Gasteiger partial charge in [-0.3, -0.25) is 4.79 Å². The zero-order valence-electron chi connectivity index (χ0n) is 9.32. The van der Waals surface area contributed by atoms with Crippen molar-refractivity contribution in [2.24, 2.45) is 0 Å². The molecule has 2 rings (SSSR count). The Hall–Kier alpha value is -1.57. The minimum absolute atomic E-state index is 0.119. The molecule has 0 unspecified atom stereocenters. The van der Waals surface area contributed by atoms with Crippen molar-refractivity contribution in [3.05, 3.63) is 36.0 Å². The SMILES string of the molecule is CC(=O)c1ccc2ccn(C(C)C)c2c1. The second-order valence-corrected chi connectivity index (χ2v) is 4.15. The highest BCUT2D eigenvalue weighted by atomic mass is 16.1. The van der Waals surface area contributed by atoms with E-state index in [0.717, 1.165) is 11.1 Å². The summed E-state index contributed by atoms with van der Waals surface area (Å²) in [5.74, 6) is 0.119. The van der Waals surface area contributed by atoms with Crippen LogP contribution in [0.5, 0.6) is 0 Å². The molecule has 78 valence electrons. The van der Waals surface area contributed by atoms with Crippen molar-refractivity contribution in [3.8, 4) is 0 Å². The van der Waals surface area contributed by atoms with E-state index < -0.39 is 0 Å². The number of benzene rings is 1. The van der Waals surface area contributed by atoms with Crippen LogP contribution in [0.15, 0.2) is 30.5 Å². The normalized spacial score (nSPS) is 11.2. The van der Waals surface area contributed by atoms with Crippen molar-refractivity contribution in [3.63, 3.8) is 0 Å². The quantitative estimate of drug-likeness (QED) is 0.682. The number of nitrogens with zero attached hydrogens (tertiary/aromatic N) is 1. The molecule has 0 amide bonds. The molecule has 0 aliphatic carbocycles. The Bertz CT molecular complexity index is 508. The summed E-state index contributed by atoms with van der Waals surface area (Å²) in [6.07, 6.45) is 2.07. The van der Waals surface area contributed by atoms with Crippen LogP contribution in [0.2, 0.25) is 0 Å². The van der Waals surface area contributed by atoms with Crippen LogP contribution >= 0.6 is 0 Å². The molecule has 0 saturated heterocycles. The zero-order valence-corrected chi connectivity index (χ0v) is 9.32. The van der Waals surface area contributed by atoms with Gasteiger partial charge >= 0.3 is 0 Å². The summed E-state index contributed by atoms with van der Waals surface area (Å²) in [7, 11) is 0. The highest BCUT2D eigenvalue weighted by Crippen LogP contribution is 2.21. The van der Waals surface area contributed by atoms with Crippen molar-refractivity contribution in [1.29, 1.82) is 0 Å². The van der Waals surface area contributed by atoms with Gasteiger partial charge in [0.25, 0.3) is 0 Å². The number of aromatic nitrogens is 1. The molecule has 0 spiro atoms. The van der Waals surface area contributed by atoms with Gasteiger partial charge in [-0.2, -0.15) is 0 Å². The van der Waals surface area contributed by atoms with E-state index in [-0.39, 0.29) is 5.78 Å². The zero-order chi connectivity index (χ0) is 11.0. The largest absolute Gasteiger partial charge is 0.345 e. The molecule has 1 aromatic heterocycles. The fourth-order valence-electron chi connectivity index (χ4n) is 1.82. The summed E-state index contributed by atoms with van der Waals surface area (Å²) in [6.45, 7) is 5.88. The summed E-state index contributed by atoms with van der Waals surface area (Å²) in [5, 5.41) is 1.19. The first-order valence-corrected chi connectivity index (χ1v) is 5.21. The average molecular weight is 201 g/mol. The van der Waals surface area contributed by atoms with Crippen LogP contribution in [0, 0.1) is 0 Å². The summed E-state index contributed by atoms with van der Waals surface area (Å²) < 4.78 is 2.18. The number of rotatable bonds is 2. The van der Waals surface area contributed by atoms with E-state index in [9.17, 15) is 4.79 Å². The summed E-state index contributed by atoms with van der Waals surface area (Å²) >= 11 is 0. The maximum Gasteiger partial charge on any atom is 0.159 e. The molecule has 0 fully saturated rings. The molecular formula is C13H15NO. The van der Waals surface area contributed by atoms with Crippen LogP contribution in [0.3, 0.4) is 0 Å². The molecule has 1 aromatic carbocycles. The lowest BCUT2D eigenvalue weighted by Gasteiger charge is -2.09. The Labute approximate surface area is 89.5 Å². The van der Waals surface area contributed by atoms with E-state index in [1.165, 1.54) is 5.39 Å². The number of ketones is 1. The van der Waals surface area contributed by atoms with Crippen molar-refractivity contribution in [1.82, 2.24) is 4.57 Å². The van der Waals surface area contributed by atoms with Gasteiger partial charge in [-0.15, -0.1) is 0 Å². The van der Waals surface area contributed by atoms with E-state index in [2.05, 4.69) is 30.7 Å². The highest BCUT2D eigenvalue weighted by Gasteiger charge is 2.06. The third-order valence-corrected chi connectivity index (χ3v) is 2.69. The van der Waals surface area contributed by atoms with E-state index in [1.807, 2.05) is 18.2 Å². The van der Waals surface area contributed by atoms with Crippen LogP contribution in [-0.4, -0.2) is 10.4 Å². The molecule has 1 heterocycles. The maximum atomic E-state index is 11.3. The van der Waals surface area contributed by atoms with Crippen molar-refractivity contribution in [2.45, 2.75) is 26.8 Å². The summed E-state index contributed by atoms with van der Waals surface area (Å²) in [5.41, 5.74) is 1.92. The molecule has 2 heteroatoms. The average Bonchev–Trinajstić information content (AvgIpc) is 2.59. The number of fused-ring (bicyclic) bond motifs is 1. The third kappa shape index (κ3) is 1.67. The Morgan fingerprint density at radius 2 is 2.00 bits per heavy atom. The molecule has 15 heavy (non-hydrogen) atoms. The van der Waals surface area contributed by atoms with Gasteiger partial charge in [0.1, 0.15) is 0 Å². The van der Waals surface area contributed by atoms with Gasteiger partial charge in [0, 0.05) is 23.3 Å². The fourth-order valence-corrected chi connectivity index (χ4v) is 1.82. The lowest BCUT2D eigenvalue weighted by molar-refractivity contribution is 0.101. The van der Waals surface area contributed by atoms with Gasteiger partial charge in [-0.25, -0.2) is 0 Å². The number of hydrogen-bond acceptors (Lipinski definition) is 1. The molecule has 0 radical (unpaired) electrons. The smallest absolute Gasteiger partial charge is 0.159 e. The monoisotopic (exact) mass is 201 g/mol. The van der Waals surface area contributed by atoms with Crippen molar-refractivity contribution in [2.75, 3.05) is 0 Å².